The molecule has 0 saturated carbocycles. The monoisotopic (exact) mass is 331 g/mol. The first-order valence-electron chi connectivity index (χ1n) is 8.30. The van der Waals surface area contributed by atoms with Crippen LogP contribution in [-0.4, -0.2) is 11.6 Å². The third-order valence-electron chi connectivity index (χ3n) is 4.43. The van der Waals surface area contributed by atoms with E-state index in [1.165, 1.54) is 47.0 Å². The molecule has 23 heavy (non-hydrogen) atoms. The number of carbonyl (C=O) groups is 1. The second-order valence-electron chi connectivity index (χ2n) is 7.03. The first-order chi connectivity index (χ1) is 10.9. The van der Waals surface area contributed by atoms with Gasteiger partial charge < -0.3 is 11.1 Å². The number of urea groups is 1. The fourth-order valence-corrected chi connectivity index (χ4v) is 4.05. The number of hydrogen-bond donors (Lipinski definition) is 3. The number of aryl methyl sites for hydroxylation is 2. The lowest BCUT2D eigenvalue weighted by Crippen LogP contribution is -2.28. The van der Waals surface area contributed by atoms with Crippen molar-refractivity contribution in [2.75, 3.05) is 5.32 Å². The Hall–Kier alpha value is -1.46. The first kappa shape index (κ1) is 16.4. The molecule has 0 fully saturated rings. The fraction of sp³-hybridized carbons (Fsp3) is 0.500. The first-order valence-corrected chi connectivity index (χ1v) is 9.18. The van der Waals surface area contributed by atoms with Gasteiger partial charge in [0, 0.05) is 11.2 Å². The average molecular weight is 331 g/mol. The van der Waals surface area contributed by atoms with Gasteiger partial charge in [-0.25, -0.2) is 4.79 Å². The van der Waals surface area contributed by atoms with Crippen LogP contribution in [0.2, 0.25) is 0 Å². The molecule has 2 amide bonds. The maximum Gasteiger partial charge on any atom is 0.329 e. The normalized spacial score (nSPS) is 16.5. The number of fused-ring (bicyclic) bond motifs is 2. The molecule has 0 heterocycles. The minimum atomic E-state index is -0.369. The number of hydrogen-bond acceptors (Lipinski definition) is 3. The van der Waals surface area contributed by atoms with Crippen molar-refractivity contribution < 1.29 is 4.79 Å². The average Bonchev–Trinajstić information content (AvgIpc) is 3.10. The van der Waals surface area contributed by atoms with E-state index in [1.807, 2.05) is 25.3 Å². The summed E-state index contributed by atoms with van der Waals surface area (Å²) in [7, 11) is 0. The van der Waals surface area contributed by atoms with Gasteiger partial charge in [-0.15, -0.1) is 0 Å². The minimum absolute atomic E-state index is 0.163. The van der Waals surface area contributed by atoms with Crippen molar-refractivity contribution in [3.05, 3.63) is 39.8 Å². The number of amides is 2. The zero-order valence-corrected chi connectivity index (χ0v) is 14.7. The van der Waals surface area contributed by atoms with E-state index in [-0.39, 0.29) is 11.6 Å². The van der Waals surface area contributed by atoms with Crippen LogP contribution in [0.5, 0.6) is 0 Å². The minimum Gasteiger partial charge on any atom is -0.322 e. The topological polar surface area (TPSA) is 67.1 Å². The lowest BCUT2D eigenvalue weighted by Gasteiger charge is -2.16. The standard InChI is InChI=1S/C18H25N3OS/c1-18(2,19)9-10-23-21-17(22)20-16-14-7-3-5-12(14)11-13-6-4-8-15(13)16/h9-11H,3-8,19H2,1-2H3,(H2,20,21,22)/b10-9+. The molecule has 2 aliphatic carbocycles. The Morgan fingerprint density at radius 1 is 1.17 bits per heavy atom. The largest absolute Gasteiger partial charge is 0.329 e. The van der Waals surface area contributed by atoms with Gasteiger partial charge in [0.25, 0.3) is 0 Å². The summed E-state index contributed by atoms with van der Waals surface area (Å²) in [4.78, 5) is 12.2. The Kier molecular flexibility index (Phi) is 4.69. The molecule has 1 aromatic rings. The van der Waals surface area contributed by atoms with Gasteiger partial charge in [0.2, 0.25) is 0 Å². The van der Waals surface area contributed by atoms with Crippen LogP contribution >= 0.6 is 11.9 Å². The van der Waals surface area contributed by atoms with Crippen molar-refractivity contribution in [1.82, 2.24) is 4.72 Å². The van der Waals surface area contributed by atoms with E-state index in [0.29, 0.717) is 0 Å². The smallest absolute Gasteiger partial charge is 0.322 e. The number of rotatable bonds is 4. The highest BCUT2D eigenvalue weighted by molar-refractivity contribution is 8.00. The molecular weight excluding hydrogens is 306 g/mol. The van der Waals surface area contributed by atoms with Gasteiger partial charge in [0.1, 0.15) is 0 Å². The third-order valence-corrected chi connectivity index (χ3v) is 5.00. The molecule has 0 unspecified atom stereocenters. The Balaban J connectivity index is 1.69. The lowest BCUT2D eigenvalue weighted by atomic mass is 9.99. The van der Waals surface area contributed by atoms with Crippen molar-refractivity contribution >= 4 is 23.7 Å². The van der Waals surface area contributed by atoms with Crippen LogP contribution in [0.1, 0.15) is 48.9 Å². The van der Waals surface area contributed by atoms with E-state index in [2.05, 4.69) is 16.1 Å². The zero-order chi connectivity index (χ0) is 16.4. The summed E-state index contributed by atoms with van der Waals surface area (Å²) < 4.78 is 2.81. The fourth-order valence-electron chi connectivity index (χ4n) is 3.40. The number of carbonyl (C=O) groups excluding carboxylic acids is 1. The van der Waals surface area contributed by atoms with Gasteiger partial charge >= 0.3 is 6.03 Å². The van der Waals surface area contributed by atoms with Gasteiger partial charge in [-0.2, -0.15) is 0 Å². The number of nitrogens with one attached hydrogen (secondary N) is 2. The highest BCUT2D eigenvalue weighted by Gasteiger charge is 2.24. The summed E-state index contributed by atoms with van der Waals surface area (Å²) in [6.07, 6.45) is 8.69. The van der Waals surface area contributed by atoms with Crippen molar-refractivity contribution in [3.63, 3.8) is 0 Å². The SMILES string of the molecule is CC(C)(N)/C=C/SNC(=O)Nc1c2c(cc3c1CCC3)CCC2. The molecule has 3 rings (SSSR count). The van der Waals surface area contributed by atoms with E-state index in [1.54, 1.807) is 0 Å². The van der Waals surface area contributed by atoms with Crippen molar-refractivity contribution in [1.29, 1.82) is 0 Å². The Morgan fingerprint density at radius 2 is 1.78 bits per heavy atom. The second kappa shape index (κ2) is 6.57. The van der Waals surface area contributed by atoms with Crippen molar-refractivity contribution in [2.45, 2.75) is 57.9 Å². The number of anilines is 1. The Morgan fingerprint density at radius 3 is 2.35 bits per heavy atom. The summed E-state index contributed by atoms with van der Waals surface area (Å²) in [5.41, 5.74) is 12.1. The van der Waals surface area contributed by atoms with E-state index < -0.39 is 0 Å². The van der Waals surface area contributed by atoms with Gasteiger partial charge in [-0.1, -0.05) is 12.1 Å². The molecule has 0 bridgehead atoms. The van der Waals surface area contributed by atoms with Gasteiger partial charge in [0.05, 0.1) is 0 Å². The quantitative estimate of drug-likeness (QED) is 0.737. The maximum atomic E-state index is 12.2. The lowest BCUT2D eigenvalue weighted by molar-refractivity contribution is 0.257. The van der Waals surface area contributed by atoms with E-state index in [4.69, 9.17) is 5.73 Å². The third kappa shape index (κ3) is 3.90. The molecule has 4 N–H and O–H groups in total. The van der Waals surface area contributed by atoms with Crippen LogP contribution in [0.15, 0.2) is 17.6 Å². The van der Waals surface area contributed by atoms with Crippen LogP contribution in [0.4, 0.5) is 10.5 Å². The summed E-state index contributed by atoms with van der Waals surface area (Å²) in [6.45, 7) is 3.83. The highest BCUT2D eigenvalue weighted by atomic mass is 32.2. The molecule has 0 aliphatic heterocycles. The zero-order valence-electron chi connectivity index (χ0n) is 13.9. The molecule has 124 valence electrons. The van der Waals surface area contributed by atoms with Crippen LogP contribution in [0.3, 0.4) is 0 Å². The summed E-state index contributed by atoms with van der Waals surface area (Å²) in [5.74, 6) is 0. The molecular formula is C18H25N3OS. The van der Waals surface area contributed by atoms with Crippen molar-refractivity contribution in [3.8, 4) is 0 Å². The molecule has 0 spiro atoms. The number of nitrogens with two attached hydrogens (primary N) is 1. The molecule has 5 heteroatoms. The van der Waals surface area contributed by atoms with E-state index >= 15 is 0 Å². The molecule has 0 saturated heterocycles. The van der Waals surface area contributed by atoms with Gasteiger partial charge in [-0.05, 0) is 92.0 Å². The molecule has 2 aliphatic rings. The summed E-state index contributed by atoms with van der Waals surface area (Å²) >= 11 is 1.25. The van der Waals surface area contributed by atoms with Gasteiger partial charge in [0.15, 0.2) is 0 Å². The Bertz CT molecular complexity index is 614. The molecule has 1 aromatic carbocycles. The molecule has 4 nitrogen and oxygen atoms in total. The summed E-state index contributed by atoms with van der Waals surface area (Å²) in [6, 6.07) is 2.21. The predicted molar refractivity (Wildman–Crippen MR) is 97.6 cm³/mol. The predicted octanol–water partition coefficient (Wildman–Crippen LogP) is 3.68. The van der Waals surface area contributed by atoms with Crippen LogP contribution < -0.4 is 15.8 Å². The highest BCUT2D eigenvalue weighted by Crippen LogP contribution is 2.38. The van der Waals surface area contributed by atoms with Crippen LogP contribution in [0.25, 0.3) is 0 Å². The number of benzene rings is 1. The Labute approximate surface area is 142 Å². The van der Waals surface area contributed by atoms with Gasteiger partial charge in [-0.3, -0.25) is 4.72 Å². The van der Waals surface area contributed by atoms with E-state index in [9.17, 15) is 4.79 Å². The molecule has 0 aromatic heterocycles. The van der Waals surface area contributed by atoms with Crippen LogP contribution in [-0.2, 0) is 25.7 Å². The van der Waals surface area contributed by atoms with Crippen LogP contribution in [0, 0.1) is 0 Å². The maximum absolute atomic E-state index is 12.2. The van der Waals surface area contributed by atoms with Crippen molar-refractivity contribution in [2.24, 2.45) is 5.73 Å². The second-order valence-corrected chi connectivity index (χ2v) is 7.74. The summed E-state index contributed by atoms with van der Waals surface area (Å²) in [5, 5.41) is 4.92. The molecule has 0 atom stereocenters. The molecule has 0 radical (unpaired) electrons. The van der Waals surface area contributed by atoms with E-state index in [0.717, 1.165) is 31.4 Å².